The Labute approximate surface area is 278 Å². The third kappa shape index (κ3) is 5.72. The second-order valence-corrected chi connectivity index (χ2v) is 13.1. The number of benzene rings is 4. The van der Waals surface area contributed by atoms with Crippen molar-refractivity contribution >= 4 is 5.57 Å². The Hall–Kier alpha value is -4.46. The molecule has 244 valence electrons. The van der Waals surface area contributed by atoms with Crippen molar-refractivity contribution < 1.29 is 23.7 Å². The van der Waals surface area contributed by atoms with Gasteiger partial charge in [0.15, 0.2) is 23.0 Å². The van der Waals surface area contributed by atoms with Crippen LogP contribution in [-0.2, 0) is 25.7 Å². The minimum absolute atomic E-state index is 0.0118. The van der Waals surface area contributed by atoms with E-state index in [2.05, 4.69) is 91.1 Å². The van der Waals surface area contributed by atoms with Crippen LogP contribution < -0.4 is 23.7 Å². The van der Waals surface area contributed by atoms with Crippen LogP contribution >= 0.6 is 0 Å². The number of methoxy groups -OCH3 is 3. The molecule has 4 aliphatic rings. The molecule has 4 aromatic rings. The van der Waals surface area contributed by atoms with E-state index in [1.807, 2.05) is 6.92 Å². The van der Waals surface area contributed by atoms with Crippen LogP contribution in [-0.4, -0.2) is 58.3 Å². The largest absolute Gasteiger partial charge is 0.493 e. The van der Waals surface area contributed by atoms with Crippen LogP contribution in [0.15, 0.2) is 67.2 Å². The molecular weight excluding hydrogens is 588 g/mol. The van der Waals surface area contributed by atoms with E-state index < -0.39 is 0 Å². The highest BCUT2D eigenvalue weighted by molar-refractivity contribution is 5.68. The quantitative estimate of drug-likeness (QED) is 0.225. The molecule has 47 heavy (non-hydrogen) atoms. The third-order valence-corrected chi connectivity index (χ3v) is 10.1. The summed E-state index contributed by atoms with van der Waals surface area (Å²) in [5, 5.41) is 0. The number of fused-ring (bicyclic) bond motifs is 2. The van der Waals surface area contributed by atoms with Crippen LogP contribution in [0.4, 0.5) is 0 Å². The van der Waals surface area contributed by atoms with Crippen molar-refractivity contribution in [2.24, 2.45) is 0 Å². The molecule has 0 saturated heterocycles. The Morgan fingerprint density at radius 1 is 0.723 bits per heavy atom. The standard InChI is InChI=1S/C40H44N2O5/c1-24(2)30-13-10-26-19-33-38-28(15-17-42(33)4)22-37(44-6)39(45-7)40(38)47-36-23-31-27(21-35(36)43-5)14-16-41(3)32(31)18-25-8-11-29(12-9-25)46-34(30)20-26/h8-13,20-23,32-33H,1,14-19H2,2-7H3/t32-,33+/m0/s1. The number of hydrogen-bond acceptors (Lipinski definition) is 7. The van der Waals surface area contributed by atoms with Gasteiger partial charge in [-0.15, -0.1) is 0 Å². The number of ether oxygens (including phenoxy) is 5. The van der Waals surface area contributed by atoms with Gasteiger partial charge in [0.1, 0.15) is 11.5 Å². The summed E-state index contributed by atoms with van der Waals surface area (Å²) in [4.78, 5) is 4.84. The van der Waals surface area contributed by atoms with Crippen molar-refractivity contribution in [3.63, 3.8) is 0 Å². The molecule has 7 nitrogen and oxygen atoms in total. The Morgan fingerprint density at radius 3 is 2.09 bits per heavy atom. The predicted octanol–water partition coefficient (Wildman–Crippen LogP) is 8.19. The highest BCUT2D eigenvalue weighted by atomic mass is 16.5. The second-order valence-electron chi connectivity index (χ2n) is 13.1. The number of likely N-dealkylation sites (N-methyl/N-ethyl adjacent to an activating group) is 2. The smallest absolute Gasteiger partial charge is 0.204 e. The summed E-state index contributed by atoms with van der Waals surface area (Å²) in [6.07, 6.45) is 3.41. The summed E-state index contributed by atoms with van der Waals surface area (Å²) in [6, 6.07) is 21.6. The van der Waals surface area contributed by atoms with E-state index in [1.54, 1.807) is 21.3 Å². The molecule has 0 aliphatic carbocycles. The van der Waals surface area contributed by atoms with Crippen molar-refractivity contribution in [2.45, 2.75) is 44.7 Å². The van der Waals surface area contributed by atoms with Crippen LogP contribution in [0.2, 0.25) is 0 Å². The summed E-state index contributed by atoms with van der Waals surface area (Å²) in [6.45, 7) is 8.14. The summed E-state index contributed by atoms with van der Waals surface area (Å²) < 4.78 is 31.6. The molecule has 0 N–H and O–H groups in total. The molecule has 0 amide bonds. The van der Waals surface area contributed by atoms with Crippen molar-refractivity contribution in [3.8, 4) is 40.2 Å². The summed E-state index contributed by atoms with van der Waals surface area (Å²) in [7, 11) is 9.46. The SMILES string of the molecule is C=C(C)c1ccc2cc1Oc1ccc(cc1)C[C@H]1c3cc(c(OC)cc3CCN1C)Oc1c(OC)c(OC)cc3c1[C@@H](C2)N(C)CC3. The fraction of sp³-hybridized carbons (Fsp3) is 0.350. The Balaban J connectivity index is 1.47. The first-order valence-electron chi connectivity index (χ1n) is 16.4. The van der Waals surface area contributed by atoms with Gasteiger partial charge in [0, 0.05) is 36.3 Å². The van der Waals surface area contributed by atoms with Crippen LogP contribution in [0.5, 0.6) is 40.2 Å². The second kappa shape index (κ2) is 12.6. The van der Waals surface area contributed by atoms with E-state index >= 15 is 0 Å². The lowest BCUT2D eigenvalue weighted by Gasteiger charge is -2.37. The van der Waals surface area contributed by atoms with E-state index in [4.69, 9.17) is 23.7 Å². The molecule has 4 aromatic carbocycles. The van der Waals surface area contributed by atoms with Gasteiger partial charge in [-0.2, -0.15) is 0 Å². The van der Waals surface area contributed by atoms with Crippen LogP contribution in [0.1, 0.15) is 58.0 Å². The third-order valence-electron chi connectivity index (χ3n) is 10.1. The van der Waals surface area contributed by atoms with E-state index in [0.29, 0.717) is 28.7 Å². The molecular formula is C40H44N2O5. The van der Waals surface area contributed by atoms with Gasteiger partial charge in [0.2, 0.25) is 5.75 Å². The Bertz CT molecular complexity index is 1830. The molecule has 4 aliphatic heterocycles. The van der Waals surface area contributed by atoms with Gasteiger partial charge in [-0.1, -0.05) is 30.8 Å². The summed E-state index contributed by atoms with van der Waals surface area (Å²) in [5.41, 5.74) is 9.20. The van der Waals surface area contributed by atoms with Crippen molar-refractivity contribution in [1.82, 2.24) is 9.80 Å². The first kappa shape index (κ1) is 31.2. The predicted molar refractivity (Wildman–Crippen MR) is 186 cm³/mol. The maximum Gasteiger partial charge on any atom is 0.204 e. The van der Waals surface area contributed by atoms with Crippen molar-refractivity contribution in [1.29, 1.82) is 0 Å². The number of rotatable bonds is 4. The molecule has 0 aromatic heterocycles. The zero-order valence-electron chi connectivity index (χ0n) is 28.3. The Morgan fingerprint density at radius 2 is 1.38 bits per heavy atom. The topological polar surface area (TPSA) is 52.6 Å². The van der Waals surface area contributed by atoms with Crippen LogP contribution in [0, 0.1) is 0 Å². The molecule has 0 saturated carbocycles. The zero-order valence-corrected chi connectivity index (χ0v) is 28.3. The average molecular weight is 633 g/mol. The van der Waals surface area contributed by atoms with Crippen molar-refractivity contribution in [3.05, 3.63) is 106 Å². The van der Waals surface area contributed by atoms with Gasteiger partial charge in [0.25, 0.3) is 0 Å². The lowest BCUT2D eigenvalue weighted by Crippen LogP contribution is -2.34. The zero-order chi connectivity index (χ0) is 32.8. The minimum atomic E-state index is 0.0118. The maximum absolute atomic E-state index is 7.05. The summed E-state index contributed by atoms with van der Waals surface area (Å²) in [5.74, 6) is 4.91. The molecule has 7 heteroatoms. The molecule has 4 heterocycles. The van der Waals surface area contributed by atoms with Gasteiger partial charge in [-0.3, -0.25) is 9.80 Å². The van der Waals surface area contributed by atoms with E-state index in [-0.39, 0.29) is 12.1 Å². The molecule has 0 spiro atoms. The van der Waals surface area contributed by atoms with Gasteiger partial charge in [-0.05, 0) is 116 Å². The molecule has 6 bridgehead atoms. The fourth-order valence-electron chi connectivity index (χ4n) is 7.48. The minimum Gasteiger partial charge on any atom is -0.493 e. The lowest BCUT2D eigenvalue weighted by molar-refractivity contribution is 0.220. The molecule has 0 fully saturated rings. The van der Waals surface area contributed by atoms with Gasteiger partial charge in [0.05, 0.1) is 21.3 Å². The Kier molecular flexibility index (Phi) is 8.37. The van der Waals surface area contributed by atoms with Gasteiger partial charge >= 0.3 is 0 Å². The first-order valence-corrected chi connectivity index (χ1v) is 16.4. The number of allylic oxidation sites excluding steroid dienone is 1. The van der Waals surface area contributed by atoms with Gasteiger partial charge < -0.3 is 23.7 Å². The monoisotopic (exact) mass is 632 g/mol. The molecule has 0 unspecified atom stereocenters. The van der Waals surface area contributed by atoms with E-state index in [9.17, 15) is 0 Å². The van der Waals surface area contributed by atoms with E-state index in [0.717, 1.165) is 72.5 Å². The normalized spacial score (nSPS) is 19.0. The molecule has 0 radical (unpaired) electrons. The molecule has 2 atom stereocenters. The number of hydrogen-bond donors (Lipinski definition) is 0. The first-order chi connectivity index (χ1) is 22.8. The maximum atomic E-state index is 7.05. The van der Waals surface area contributed by atoms with Crippen LogP contribution in [0.3, 0.4) is 0 Å². The number of nitrogens with zero attached hydrogens (tertiary/aromatic N) is 2. The summed E-state index contributed by atoms with van der Waals surface area (Å²) >= 11 is 0. The van der Waals surface area contributed by atoms with Gasteiger partial charge in [-0.25, -0.2) is 0 Å². The average Bonchev–Trinajstić information content (AvgIpc) is 3.07. The highest BCUT2D eigenvalue weighted by Gasteiger charge is 2.34. The van der Waals surface area contributed by atoms with Crippen molar-refractivity contribution in [2.75, 3.05) is 48.5 Å². The van der Waals surface area contributed by atoms with Crippen LogP contribution in [0.25, 0.3) is 5.57 Å². The molecule has 8 rings (SSSR count). The fourth-order valence-corrected chi connectivity index (χ4v) is 7.48. The highest BCUT2D eigenvalue weighted by Crippen LogP contribution is 2.52. The lowest BCUT2D eigenvalue weighted by atomic mass is 9.87. The van der Waals surface area contributed by atoms with E-state index in [1.165, 1.54) is 22.3 Å².